The van der Waals surface area contributed by atoms with Crippen molar-refractivity contribution in [2.24, 2.45) is 0 Å². The summed E-state index contributed by atoms with van der Waals surface area (Å²) < 4.78 is 4.07. The van der Waals surface area contributed by atoms with Gasteiger partial charge in [0.15, 0.2) is 0 Å². The molecule has 0 aromatic carbocycles. The van der Waals surface area contributed by atoms with Crippen LogP contribution in [0.2, 0.25) is 0 Å². The van der Waals surface area contributed by atoms with Gasteiger partial charge >= 0.3 is 0 Å². The number of imidazole rings is 2. The van der Waals surface area contributed by atoms with E-state index >= 15 is 0 Å². The van der Waals surface area contributed by atoms with Gasteiger partial charge in [-0.05, 0) is 25.0 Å². The van der Waals surface area contributed by atoms with Crippen molar-refractivity contribution in [2.45, 2.75) is 38.8 Å². The Morgan fingerprint density at radius 3 is 3.04 bits per heavy atom. The number of carbonyl (C=O) groups is 1. The molecule has 1 atom stereocenters. The average molecular weight is 323 g/mol. The summed E-state index contributed by atoms with van der Waals surface area (Å²) in [5, 5.41) is 0. The van der Waals surface area contributed by atoms with Crippen LogP contribution in [0.15, 0.2) is 43.0 Å². The number of aromatic nitrogens is 4. The zero-order valence-electron chi connectivity index (χ0n) is 13.8. The first kappa shape index (κ1) is 14.9. The van der Waals surface area contributed by atoms with Crippen LogP contribution in [0.4, 0.5) is 0 Å². The van der Waals surface area contributed by atoms with Crippen LogP contribution in [0, 0.1) is 0 Å². The summed E-state index contributed by atoms with van der Waals surface area (Å²) in [7, 11) is 0. The van der Waals surface area contributed by atoms with Crippen LogP contribution >= 0.6 is 0 Å². The quantitative estimate of drug-likeness (QED) is 0.745. The Kier molecular flexibility index (Phi) is 3.80. The van der Waals surface area contributed by atoms with E-state index in [1.807, 2.05) is 52.3 Å². The molecule has 0 saturated carbocycles. The largest absolute Gasteiger partial charge is 0.333 e. The first-order valence-electron chi connectivity index (χ1n) is 8.53. The summed E-state index contributed by atoms with van der Waals surface area (Å²) in [6, 6.07) is 5.80. The Bertz CT molecular complexity index is 832. The van der Waals surface area contributed by atoms with Crippen molar-refractivity contribution in [3.05, 3.63) is 54.5 Å². The fourth-order valence-electron chi connectivity index (χ4n) is 3.50. The van der Waals surface area contributed by atoms with Gasteiger partial charge in [-0.15, -0.1) is 0 Å². The number of fused-ring (bicyclic) bond motifs is 2. The zero-order chi connectivity index (χ0) is 16.5. The van der Waals surface area contributed by atoms with E-state index in [2.05, 4.69) is 21.5 Å². The molecule has 1 aliphatic heterocycles. The number of carbonyl (C=O) groups excluding carboxylic acids is 1. The molecule has 24 heavy (non-hydrogen) atoms. The number of pyridine rings is 1. The van der Waals surface area contributed by atoms with Gasteiger partial charge in [-0.1, -0.05) is 19.4 Å². The van der Waals surface area contributed by atoms with Gasteiger partial charge in [0.2, 0.25) is 0 Å². The molecule has 124 valence electrons. The fourth-order valence-corrected chi connectivity index (χ4v) is 3.50. The van der Waals surface area contributed by atoms with E-state index in [9.17, 15) is 4.79 Å². The third-order valence-corrected chi connectivity index (χ3v) is 4.63. The highest BCUT2D eigenvalue weighted by Gasteiger charge is 2.31. The lowest BCUT2D eigenvalue weighted by atomic mass is 10.1. The van der Waals surface area contributed by atoms with E-state index in [0.717, 1.165) is 43.8 Å². The molecule has 0 saturated heterocycles. The summed E-state index contributed by atoms with van der Waals surface area (Å²) in [6.45, 7) is 3.79. The van der Waals surface area contributed by atoms with E-state index in [-0.39, 0.29) is 11.9 Å². The smallest absolute Gasteiger partial charge is 0.274 e. The Morgan fingerprint density at radius 1 is 1.29 bits per heavy atom. The molecule has 0 N–H and O–H groups in total. The molecule has 0 aliphatic carbocycles. The van der Waals surface area contributed by atoms with Crippen LogP contribution in [0.25, 0.3) is 5.65 Å². The SMILES string of the molecule is CCCC1c2nccn2CCCN1C(=O)c1cn2ccccc2n1. The van der Waals surface area contributed by atoms with Gasteiger partial charge in [-0.25, -0.2) is 9.97 Å². The topological polar surface area (TPSA) is 55.4 Å². The molecule has 6 nitrogen and oxygen atoms in total. The summed E-state index contributed by atoms with van der Waals surface area (Å²) in [4.78, 5) is 24.1. The molecule has 1 amide bonds. The molecule has 3 aromatic rings. The second-order valence-electron chi connectivity index (χ2n) is 6.23. The second kappa shape index (κ2) is 6.11. The van der Waals surface area contributed by atoms with Crippen molar-refractivity contribution in [2.75, 3.05) is 6.54 Å². The summed E-state index contributed by atoms with van der Waals surface area (Å²) in [5.74, 6) is 0.986. The molecule has 0 radical (unpaired) electrons. The first-order chi connectivity index (χ1) is 11.8. The van der Waals surface area contributed by atoms with Gasteiger partial charge in [0, 0.05) is 37.9 Å². The van der Waals surface area contributed by atoms with Crippen molar-refractivity contribution >= 4 is 11.6 Å². The normalized spacial score (nSPS) is 17.7. The molecule has 6 heteroatoms. The van der Waals surface area contributed by atoms with Gasteiger partial charge in [0.05, 0.1) is 6.04 Å². The van der Waals surface area contributed by atoms with Gasteiger partial charge in [-0.3, -0.25) is 4.79 Å². The Labute approximate surface area is 140 Å². The standard InChI is InChI=1S/C18H21N5O/c1-2-6-15-17-19-8-12-21(17)10-5-11-23(15)18(24)14-13-22-9-4-3-7-16(22)20-14/h3-4,7-9,12-13,15H,2,5-6,10-11H2,1H3. The highest BCUT2D eigenvalue weighted by atomic mass is 16.2. The molecule has 4 heterocycles. The number of hydrogen-bond donors (Lipinski definition) is 0. The maximum atomic E-state index is 13.2. The molecule has 4 rings (SSSR count). The van der Waals surface area contributed by atoms with E-state index in [1.54, 1.807) is 0 Å². The van der Waals surface area contributed by atoms with Gasteiger partial charge < -0.3 is 13.9 Å². The van der Waals surface area contributed by atoms with Crippen molar-refractivity contribution in [3.63, 3.8) is 0 Å². The minimum atomic E-state index is -0.00593. The maximum absolute atomic E-state index is 13.2. The average Bonchev–Trinajstić information content (AvgIpc) is 3.20. The van der Waals surface area contributed by atoms with E-state index in [0.29, 0.717) is 5.69 Å². The van der Waals surface area contributed by atoms with Crippen LogP contribution in [-0.2, 0) is 6.54 Å². The van der Waals surface area contributed by atoms with Crippen LogP contribution < -0.4 is 0 Å². The van der Waals surface area contributed by atoms with Crippen LogP contribution in [-0.4, -0.2) is 36.3 Å². The third kappa shape index (κ3) is 2.48. The van der Waals surface area contributed by atoms with E-state index < -0.39 is 0 Å². The van der Waals surface area contributed by atoms with Crippen LogP contribution in [0.3, 0.4) is 0 Å². The molecule has 1 unspecified atom stereocenters. The minimum Gasteiger partial charge on any atom is -0.333 e. The number of nitrogens with zero attached hydrogens (tertiary/aromatic N) is 5. The van der Waals surface area contributed by atoms with Crippen molar-refractivity contribution in [1.29, 1.82) is 0 Å². The predicted octanol–water partition coefficient (Wildman–Crippen LogP) is 2.92. The summed E-state index contributed by atoms with van der Waals surface area (Å²) in [5.41, 5.74) is 1.30. The lowest BCUT2D eigenvalue weighted by molar-refractivity contribution is 0.0659. The lowest BCUT2D eigenvalue weighted by Crippen LogP contribution is -2.35. The van der Waals surface area contributed by atoms with Crippen molar-refractivity contribution in [3.8, 4) is 0 Å². The minimum absolute atomic E-state index is 0.00593. The van der Waals surface area contributed by atoms with E-state index in [4.69, 9.17) is 0 Å². The van der Waals surface area contributed by atoms with Gasteiger partial charge in [-0.2, -0.15) is 0 Å². The third-order valence-electron chi connectivity index (χ3n) is 4.63. The second-order valence-corrected chi connectivity index (χ2v) is 6.23. The van der Waals surface area contributed by atoms with Crippen LogP contribution in [0.5, 0.6) is 0 Å². The van der Waals surface area contributed by atoms with Gasteiger partial charge in [0.1, 0.15) is 17.2 Å². The zero-order valence-corrected chi connectivity index (χ0v) is 13.8. The molecule has 0 spiro atoms. The number of aryl methyl sites for hydroxylation is 1. The van der Waals surface area contributed by atoms with Crippen molar-refractivity contribution < 1.29 is 4.79 Å². The Hall–Kier alpha value is -2.63. The van der Waals surface area contributed by atoms with E-state index in [1.165, 1.54) is 0 Å². The molecular weight excluding hydrogens is 302 g/mol. The molecule has 3 aromatic heterocycles. The Balaban J connectivity index is 1.71. The molecule has 0 fully saturated rings. The highest BCUT2D eigenvalue weighted by molar-refractivity contribution is 5.93. The number of amides is 1. The predicted molar refractivity (Wildman–Crippen MR) is 90.7 cm³/mol. The molecule has 1 aliphatic rings. The first-order valence-corrected chi connectivity index (χ1v) is 8.53. The molecule has 0 bridgehead atoms. The summed E-state index contributed by atoms with van der Waals surface area (Å²) in [6.07, 6.45) is 10.4. The Morgan fingerprint density at radius 2 is 2.21 bits per heavy atom. The van der Waals surface area contributed by atoms with Gasteiger partial charge in [0.25, 0.3) is 5.91 Å². The monoisotopic (exact) mass is 323 g/mol. The maximum Gasteiger partial charge on any atom is 0.274 e. The van der Waals surface area contributed by atoms with Crippen LogP contribution in [0.1, 0.15) is 48.5 Å². The number of hydrogen-bond acceptors (Lipinski definition) is 3. The summed E-state index contributed by atoms with van der Waals surface area (Å²) >= 11 is 0. The number of rotatable bonds is 3. The van der Waals surface area contributed by atoms with Crippen molar-refractivity contribution in [1.82, 2.24) is 23.8 Å². The lowest BCUT2D eigenvalue weighted by Gasteiger charge is -2.28. The molecular formula is C18H21N5O. The fraction of sp³-hybridized carbons (Fsp3) is 0.389. The highest BCUT2D eigenvalue weighted by Crippen LogP contribution is 2.29.